The van der Waals surface area contributed by atoms with Gasteiger partial charge in [-0.3, -0.25) is 0 Å². The first-order chi connectivity index (χ1) is 40.0. The highest BCUT2D eigenvalue weighted by Gasteiger charge is 2.64. The number of para-hydroxylation sites is 2. The highest BCUT2D eigenvalue weighted by atomic mass is 32.2. The largest absolute Gasteiger partial charge is 0.534 e. The van der Waals surface area contributed by atoms with E-state index in [1.807, 2.05) is 139 Å². The lowest BCUT2D eigenvalue weighted by Gasteiger charge is -2.32. The summed E-state index contributed by atoms with van der Waals surface area (Å²) in [5, 5.41) is 4.10. The van der Waals surface area contributed by atoms with Crippen molar-refractivity contribution in [3.8, 4) is 39.4 Å². The summed E-state index contributed by atoms with van der Waals surface area (Å²) in [6.07, 6.45) is 0. The van der Waals surface area contributed by atoms with Gasteiger partial charge in [0.25, 0.3) is 0 Å². The maximum absolute atomic E-state index is 12.8. The van der Waals surface area contributed by atoms with Gasteiger partial charge in [-0.05, 0) is 165 Å². The van der Waals surface area contributed by atoms with Crippen LogP contribution in [-0.2, 0) is 38.0 Å². The van der Waals surface area contributed by atoms with E-state index in [0.717, 1.165) is 49.8 Å². The summed E-state index contributed by atoms with van der Waals surface area (Å²) in [6, 6.07) is 63.6. The van der Waals surface area contributed by atoms with Crippen LogP contribution in [0.2, 0.25) is 0 Å². The van der Waals surface area contributed by atoms with E-state index in [-0.39, 0.29) is 33.6 Å². The Kier molecular flexibility index (Phi) is 15.2. The summed E-state index contributed by atoms with van der Waals surface area (Å²) in [4.78, 5) is 0. The van der Waals surface area contributed by atoms with Gasteiger partial charge in [-0.25, -0.2) is 0 Å². The Balaban J connectivity index is 0.000000139. The van der Waals surface area contributed by atoms with Crippen molar-refractivity contribution in [1.29, 1.82) is 0 Å². The van der Waals surface area contributed by atoms with Gasteiger partial charge in [0, 0.05) is 39.0 Å². The van der Waals surface area contributed by atoms with Crippen LogP contribution in [0.1, 0.15) is 83.1 Å². The summed E-state index contributed by atoms with van der Waals surface area (Å²) in [5.41, 5.74) is 3.33. The van der Waals surface area contributed by atoms with Crippen LogP contribution in [0, 0.1) is 0 Å². The zero-order chi connectivity index (χ0) is 60.7. The van der Waals surface area contributed by atoms with Crippen molar-refractivity contribution in [2.45, 2.75) is 122 Å². The Morgan fingerprint density at radius 1 is 0.376 bits per heavy atom. The smallest absolute Gasteiger partial charge is 0.405 e. The molecule has 3 aliphatic heterocycles. The van der Waals surface area contributed by atoms with Gasteiger partial charge < -0.3 is 41.2 Å². The number of fused-ring (bicyclic) bond motifs is 6. The normalized spacial score (nSPS) is 18.4. The first-order valence-corrected chi connectivity index (χ1v) is 29.8. The highest BCUT2D eigenvalue weighted by Crippen LogP contribution is 2.44. The molecule has 0 atom stereocenters. The first-order valence-electron chi connectivity index (χ1n) is 28.4. The van der Waals surface area contributed by atoms with E-state index in [9.17, 15) is 21.6 Å². The van der Waals surface area contributed by atoms with E-state index in [2.05, 4.69) is 134 Å². The zero-order valence-corrected chi connectivity index (χ0v) is 50.6. The van der Waals surface area contributed by atoms with Gasteiger partial charge >= 0.3 is 36.8 Å². The molecule has 0 amide bonds. The summed E-state index contributed by atoms with van der Waals surface area (Å²) in [6.45, 7) is 24.6. The quantitative estimate of drug-likeness (QED) is 0.0835. The van der Waals surface area contributed by atoms with E-state index in [1.165, 1.54) is 39.5 Å². The summed E-state index contributed by atoms with van der Waals surface area (Å²) in [5.74, 6) is -0.414. The molecule has 5 heterocycles. The molecule has 436 valence electrons. The molecule has 3 fully saturated rings. The van der Waals surface area contributed by atoms with Gasteiger partial charge in [0.15, 0.2) is 0 Å². The molecule has 0 spiro atoms. The Morgan fingerprint density at radius 2 is 0.729 bits per heavy atom. The van der Waals surface area contributed by atoms with Crippen LogP contribution < -0.4 is 9.65 Å². The van der Waals surface area contributed by atoms with Crippen molar-refractivity contribution < 1.29 is 53.7 Å². The molecule has 13 rings (SSSR count). The molecule has 3 aliphatic rings. The van der Waals surface area contributed by atoms with E-state index in [1.54, 1.807) is 6.07 Å². The lowest BCUT2D eigenvalue weighted by molar-refractivity contribution is -0.0500. The van der Waals surface area contributed by atoms with Crippen molar-refractivity contribution in [2.24, 2.45) is 0 Å². The molecule has 10 aromatic rings. The molecule has 0 bridgehead atoms. The minimum absolute atomic E-state index is 0.360. The molecule has 0 radical (unpaired) electrons. The minimum Gasteiger partial charge on any atom is -0.405 e. The minimum atomic E-state index is -5.78. The number of hydrogen-bond donors (Lipinski definition) is 0. The number of nitrogens with zero attached hydrogens (tertiary/aromatic N) is 2. The SMILES string of the molecule is CC1(C)OB(B2OC(C)(C)C(C)(C)O2)OC1(C)C.CC1(C)OB(c2ccc3c4ccccc4n(-c4cccc(-c5ccccc5)c4)c3c2)OC1(C)C.O=S(=O)(Oc1ccc2c3ccccc3n(-c3cccc(-c4ccccc4)c3)c2c1)C(F)(F)F. The predicted molar refractivity (Wildman–Crippen MR) is 336 cm³/mol. The third-order valence-corrected chi connectivity index (χ3v) is 18.5. The van der Waals surface area contributed by atoms with Crippen LogP contribution in [0.25, 0.3) is 77.2 Å². The predicted octanol–water partition coefficient (Wildman–Crippen LogP) is 15.7. The number of aromatic nitrogens is 2. The van der Waals surface area contributed by atoms with Crippen LogP contribution in [-0.4, -0.2) is 77.8 Å². The summed E-state index contributed by atoms with van der Waals surface area (Å²) >= 11 is 0. The molecule has 3 saturated heterocycles. The number of alkyl halides is 3. The molecule has 85 heavy (non-hydrogen) atoms. The average molecular weight is 1170 g/mol. The lowest BCUT2D eigenvalue weighted by atomic mass is 9.49. The van der Waals surface area contributed by atoms with Gasteiger partial charge in [0.2, 0.25) is 0 Å². The molecule has 8 aromatic carbocycles. The van der Waals surface area contributed by atoms with E-state index >= 15 is 0 Å². The van der Waals surface area contributed by atoms with Crippen molar-refractivity contribution in [3.63, 3.8) is 0 Å². The number of halogens is 3. The van der Waals surface area contributed by atoms with Crippen molar-refractivity contribution in [1.82, 2.24) is 9.13 Å². The molecule has 0 saturated carbocycles. The Morgan fingerprint density at radius 3 is 1.15 bits per heavy atom. The van der Waals surface area contributed by atoms with Gasteiger partial charge in [-0.1, -0.05) is 133 Å². The van der Waals surface area contributed by atoms with Gasteiger partial charge in [-0.15, -0.1) is 0 Å². The Hall–Kier alpha value is -7.15. The van der Waals surface area contributed by atoms with Crippen molar-refractivity contribution in [3.05, 3.63) is 194 Å². The summed E-state index contributed by atoms with van der Waals surface area (Å²) in [7, 11) is -7.12. The Bertz CT molecular complexity index is 4160. The number of benzene rings is 8. The second-order valence-corrected chi connectivity index (χ2v) is 26.4. The second kappa shape index (κ2) is 21.7. The van der Waals surface area contributed by atoms with Crippen LogP contribution >= 0.6 is 0 Å². The topological polar surface area (TPSA) is 109 Å². The van der Waals surface area contributed by atoms with E-state index < -0.39 is 42.5 Å². The first kappa shape index (κ1) is 59.6. The fourth-order valence-electron chi connectivity index (χ4n) is 10.8. The standard InChI is InChI=1S/C30H28BNO2.C25H16F3NO3S.C12H24B2O4/c1-29(2)30(3,4)34-31(33-29)23-17-18-26-25-15-8-9-16-27(25)32(28(26)20-23)24-14-10-13-22(19-24)21-11-6-5-7-12-21;26-25(27,28)33(30,31)32-20-13-14-22-21-11-4-5-12-23(21)29(24(22)16-20)19-10-6-9-18(15-19)17-7-2-1-3-8-17;1-9(2)10(3,4)16-13(15-9)14-17-11(5,6)12(7,8)18-14/h5-20H,1-4H3;1-16H;1-8H3. The molecule has 0 N–H and O–H groups in total. The van der Waals surface area contributed by atoms with Crippen LogP contribution in [0.3, 0.4) is 0 Å². The van der Waals surface area contributed by atoms with Gasteiger partial charge in [0.05, 0.1) is 55.7 Å². The zero-order valence-electron chi connectivity index (χ0n) is 49.8. The van der Waals surface area contributed by atoms with Gasteiger partial charge in [-0.2, -0.15) is 21.6 Å². The molecule has 0 unspecified atom stereocenters. The molecular formula is C67H68B3F3N2O9S. The van der Waals surface area contributed by atoms with Crippen molar-refractivity contribution in [2.75, 3.05) is 0 Å². The maximum atomic E-state index is 12.8. The van der Waals surface area contributed by atoms with Gasteiger partial charge in [0.1, 0.15) is 5.75 Å². The molecule has 0 aliphatic carbocycles. The second-order valence-electron chi connectivity index (χ2n) is 24.8. The fourth-order valence-corrected chi connectivity index (χ4v) is 11.2. The third kappa shape index (κ3) is 11.2. The fraction of sp³-hybridized carbons (Fsp3) is 0.284. The van der Waals surface area contributed by atoms with Crippen molar-refractivity contribution >= 4 is 80.3 Å². The maximum Gasteiger partial charge on any atom is 0.534 e. The number of rotatable bonds is 8. The molecule has 11 nitrogen and oxygen atoms in total. The average Bonchev–Trinajstić information content (AvgIpc) is 1.89. The number of hydrogen-bond acceptors (Lipinski definition) is 9. The molecular weight excluding hydrogens is 1100 g/mol. The highest BCUT2D eigenvalue weighted by molar-refractivity contribution is 7.88. The third-order valence-electron chi connectivity index (χ3n) is 17.5. The monoisotopic (exact) mass is 1170 g/mol. The molecule has 18 heteroatoms. The molecule has 2 aromatic heterocycles. The summed E-state index contributed by atoms with van der Waals surface area (Å²) < 4.78 is 107. The van der Waals surface area contributed by atoms with E-state index in [0.29, 0.717) is 5.52 Å². The van der Waals surface area contributed by atoms with E-state index in [4.69, 9.17) is 27.9 Å². The van der Waals surface area contributed by atoms with Crippen LogP contribution in [0.4, 0.5) is 13.2 Å². The lowest BCUT2D eigenvalue weighted by Crippen LogP contribution is -2.41. The Labute approximate surface area is 496 Å². The van der Waals surface area contributed by atoms with Crippen LogP contribution in [0.5, 0.6) is 5.75 Å². The van der Waals surface area contributed by atoms with Crippen LogP contribution in [0.15, 0.2) is 194 Å².